The van der Waals surface area contributed by atoms with Crippen LogP contribution in [0.15, 0.2) is 12.1 Å². The minimum Gasteiger partial charge on any atom is -0.370 e. The molecular formula is C16H24ClN3O. The Morgan fingerprint density at radius 1 is 1.43 bits per heavy atom. The van der Waals surface area contributed by atoms with E-state index in [0.29, 0.717) is 16.8 Å². The van der Waals surface area contributed by atoms with Crippen LogP contribution in [0, 0.1) is 0 Å². The Bertz CT molecular complexity index is 492. The van der Waals surface area contributed by atoms with Gasteiger partial charge in [-0.3, -0.25) is 4.79 Å². The molecule has 0 spiro atoms. The molecule has 0 bridgehead atoms. The smallest absolute Gasteiger partial charge is 0.274 e. The van der Waals surface area contributed by atoms with Crippen molar-refractivity contribution in [3.05, 3.63) is 22.8 Å². The van der Waals surface area contributed by atoms with Gasteiger partial charge in [0.05, 0.1) is 5.02 Å². The molecule has 1 unspecified atom stereocenters. The minimum atomic E-state index is -0.0355. The van der Waals surface area contributed by atoms with Crippen LogP contribution in [0.5, 0.6) is 0 Å². The molecule has 1 fully saturated rings. The number of halogens is 1. The molecule has 116 valence electrons. The van der Waals surface area contributed by atoms with E-state index in [4.69, 9.17) is 11.6 Å². The molecule has 1 aromatic rings. The van der Waals surface area contributed by atoms with E-state index in [1.165, 1.54) is 6.42 Å². The predicted molar refractivity (Wildman–Crippen MR) is 87.0 cm³/mol. The predicted octanol–water partition coefficient (Wildman–Crippen LogP) is 3.96. The Balaban J connectivity index is 2.20. The zero-order valence-corrected chi connectivity index (χ0v) is 13.6. The monoisotopic (exact) mass is 309 g/mol. The summed E-state index contributed by atoms with van der Waals surface area (Å²) in [4.78, 5) is 19.1. The zero-order chi connectivity index (χ0) is 15.2. The molecule has 1 saturated heterocycles. The molecule has 2 rings (SSSR count). The van der Waals surface area contributed by atoms with Crippen molar-refractivity contribution in [1.29, 1.82) is 0 Å². The second kappa shape index (κ2) is 7.64. The molecule has 0 saturated carbocycles. The van der Waals surface area contributed by atoms with Crippen molar-refractivity contribution < 1.29 is 4.79 Å². The van der Waals surface area contributed by atoms with Crippen molar-refractivity contribution in [3.8, 4) is 0 Å². The molecule has 1 aliphatic heterocycles. The van der Waals surface area contributed by atoms with Crippen molar-refractivity contribution in [3.63, 3.8) is 0 Å². The maximum absolute atomic E-state index is 12.8. The second-order valence-electron chi connectivity index (χ2n) is 5.51. The van der Waals surface area contributed by atoms with Gasteiger partial charge in [0, 0.05) is 19.1 Å². The molecule has 0 aliphatic carbocycles. The topological polar surface area (TPSA) is 45.2 Å². The SMILES string of the molecule is CCCNc1ccc(Cl)c(C(=O)N2CCCCC2CC)n1. The van der Waals surface area contributed by atoms with E-state index in [2.05, 4.69) is 24.1 Å². The first-order chi connectivity index (χ1) is 10.2. The number of aromatic nitrogens is 1. The number of hydrogen-bond donors (Lipinski definition) is 1. The molecule has 0 radical (unpaired) electrons. The van der Waals surface area contributed by atoms with Crippen LogP contribution in [0.25, 0.3) is 0 Å². The fraction of sp³-hybridized carbons (Fsp3) is 0.625. The van der Waals surface area contributed by atoms with E-state index in [1.54, 1.807) is 6.07 Å². The third-order valence-electron chi connectivity index (χ3n) is 3.96. The van der Waals surface area contributed by atoms with E-state index < -0.39 is 0 Å². The Morgan fingerprint density at radius 2 is 2.24 bits per heavy atom. The third kappa shape index (κ3) is 3.88. The van der Waals surface area contributed by atoms with Crippen molar-refractivity contribution in [2.45, 2.75) is 52.0 Å². The van der Waals surface area contributed by atoms with E-state index in [-0.39, 0.29) is 5.91 Å². The third-order valence-corrected chi connectivity index (χ3v) is 4.27. The maximum Gasteiger partial charge on any atom is 0.274 e. The summed E-state index contributed by atoms with van der Waals surface area (Å²) in [6.45, 7) is 5.87. The number of carbonyl (C=O) groups is 1. The molecule has 1 N–H and O–H groups in total. The normalized spacial score (nSPS) is 18.6. The summed E-state index contributed by atoms with van der Waals surface area (Å²) in [5.74, 6) is 0.682. The Kier molecular flexibility index (Phi) is 5.85. The van der Waals surface area contributed by atoms with Crippen LogP contribution in [0.2, 0.25) is 5.02 Å². The van der Waals surface area contributed by atoms with Crippen LogP contribution in [0.1, 0.15) is 56.4 Å². The van der Waals surface area contributed by atoms with Gasteiger partial charge in [-0.05, 0) is 44.2 Å². The number of anilines is 1. The molecule has 21 heavy (non-hydrogen) atoms. The molecule has 1 aliphatic rings. The van der Waals surface area contributed by atoms with Gasteiger partial charge in [-0.15, -0.1) is 0 Å². The van der Waals surface area contributed by atoms with Gasteiger partial charge in [0.25, 0.3) is 5.91 Å². The summed E-state index contributed by atoms with van der Waals surface area (Å²) in [6, 6.07) is 3.89. The Hall–Kier alpha value is -1.29. The van der Waals surface area contributed by atoms with Gasteiger partial charge in [-0.1, -0.05) is 25.4 Å². The molecule has 1 atom stereocenters. The number of hydrogen-bond acceptors (Lipinski definition) is 3. The van der Waals surface area contributed by atoms with Crippen LogP contribution in [0.4, 0.5) is 5.82 Å². The van der Waals surface area contributed by atoms with Gasteiger partial charge < -0.3 is 10.2 Å². The van der Waals surface area contributed by atoms with E-state index in [9.17, 15) is 4.79 Å². The highest BCUT2D eigenvalue weighted by Crippen LogP contribution is 2.24. The van der Waals surface area contributed by atoms with Crippen molar-refractivity contribution in [2.24, 2.45) is 0 Å². The van der Waals surface area contributed by atoms with Gasteiger partial charge in [0.1, 0.15) is 11.5 Å². The lowest BCUT2D eigenvalue weighted by atomic mass is 9.99. The second-order valence-corrected chi connectivity index (χ2v) is 5.92. The average Bonchev–Trinajstić information content (AvgIpc) is 2.53. The van der Waals surface area contributed by atoms with Gasteiger partial charge in [0.2, 0.25) is 0 Å². The number of piperidine rings is 1. The van der Waals surface area contributed by atoms with E-state index in [0.717, 1.165) is 44.6 Å². The van der Waals surface area contributed by atoms with Crippen LogP contribution in [0.3, 0.4) is 0 Å². The number of rotatable bonds is 5. The number of nitrogens with zero attached hydrogens (tertiary/aromatic N) is 2. The summed E-state index contributed by atoms with van der Waals surface area (Å²) in [6.07, 6.45) is 5.33. The lowest BCUT2D eigenvalue weighted by Crippen LogP contribution is -2.43. The largest absolute Gasteiger partial charge is 0.370 e. The molecule has 5 heteroatoms. The van der Waals surface area contributed by atoms with Crippen LogP contribution in [-0.4, -0.2) is 34.9 Å². The summed E-state index contributed by atoms with van der Waals surface area (Å²) in [5, 5.41) is 3.64. The average molecular weight is 310 g/mol. The van der Waals surface area contributed by atoms with Crippen molar-refractivity contribution in [2.75, 3.05) is 18.4 Å². The molecule has 2 heterocycles. The fourth-order valence-corrected chi connectivity index (χ4v) is 2.96. The van der Waals surface area contributed by atoms with Gasteiger partial charge in [-0.25, -0.2) is 4.98 Å². The lowest BCUT2D eigenvalue weighted by molar-refractivity contribution is 0.0602. The number of nitrogens with one attached hydrogen (secondary N) is 1. The highest BCUT2D eigenvalue weighted by atomic mass is 35.5. The number of carbonyl (C=O) groups excluding carboxylic acids is 1. The summed E-state index contributed by atoms with van der Waals surface area (Å²) >= 11 is 6.20. The lowest BCUT2D eigenvalue weighted by Gasteiger charge is -2.35. The van der Waals surface area contributed by atoms with E-state index >= 15 is 0 Å². The zero-order valence-electron chi connectivity index (χ0n) is 12.9. The van der Waals surface area contributed by atoms with Gasteiger partial charge in [-0.2, -0.15) is 0 Å². The minimum absolute atomic E-state index is 0.0355. The van der Waals surface area contributed by atoms with Gasteiger partial charge >= 0.3 is 0 Å². The quantitative estimate of drug-likeness (QED) is 0.895. The first-order valence-corrected chi connectivity index (χ1v) is 8.26. The molecular weight excluding hydrogens is 286 g/mol. The fourth-order valence-electron chi connectivity index (χ4n) is 2.77. The molecule has 0 aromatic carbocycles. The highest BCUT2D eigenvalue weighted by Gasteiger charge is 2.28. The Morgan fingerprint density at radius 3 is 2.95 bits per heavy atom. The molecule has 4 nitrogen and oxygen atoms in total. The van der Waals surface area contributed by atoms with Crippen molar-refractivity contribution >= 4 is 23.3 Å². The Labute approximate surface area is 131 Å². The molecule has 1 aromatic heterocycles. The number of pyridine rings is 1. The van der Waals surface area contributed by atoms with Crippen molar-refractivity contribution in [1.82, 2.24) is 9.88 Å². The summed E-state index contributed by atoms with van der Waals surface area (Å²) in [7, 11) is 0. The first-order valence-electron chi connectivity index (χ1n) is 7.88. The van der Waals surface area contributed by atoms with Crippen LogP contribution in [-0.2, 0) is 0 Å². The standard InChI is InChI=1S/C16H24ClN3O/c1-3-10-18-14-9-8-13(17)15(19-14)16(21)20-11-6-5-7-12(20)4-2/h8-9,12H,3-7,10-11H2,1-2H3,(H,18,19). The molecule has 1 amide bonds. The van der Waals surface area contributed by atoms with E-state index in [1.807, 2.05) is 11.0 Å². The van der Waals surface area contributed by atoms with Crippen LogP contribution >= 0.6 is 11.6 Å². The summed E-state index contributed by atoms with van der Waals surface area (Å²) < 4.78 is 0. The number of likely N-dealkylation sites (tertiary alicyclic amines) is 1. The van der Waals surface area contributed by atoms with Gasteiger partial charge in [0.15, 0.2) is 0 Å². The van der Waals surface area contributed by atoms with Crippen LogP contribution < -0.4 is 5.32 Å². The maximum atomic E-state index is 12.8. The highest BCUT2D eigenvalue weighted by molar-refractivity contribution is 6.33. The summed E-state index contributed by atoms with van der Waals surface area (Å²) in [5.41, 5.74) is 0.373. The first kappa shape index (κ1) is 16.1. The number of amides is 1.